The summed E-state index contributed by atoms with van der Waals surface area (Å²) in [4.78, 5) is 25.3. The van der Waals surface area contributed by atoms with Crippen molar-refractivity contribution in [3.8, 4) is 0 Å². The molecule has 0 saturated carbocycles. The lowest BCUT2D eigenvalue weighted by Crippen LogP contribution is -2.59. The summed E-state index contributed by atoms with van der Waals surface area (Å²) in [5.74, 6) is -0.923. The van der Waals surface area contributed by atoms with Gasteiger partial charge in [-0.1, -0.05) is 144 Å². The van der Waals surface area contributed by atoms with E-state index in [-0.39, 0.29) is 26.1 Å². The van der Waals surface area contributed by atoms with Crippen LogP contribution in [0.2, 0.25) is 0 Å². The fourth-order valence-electron chi connectivity index (χ4n) is 6.03. The van der Waals surface area contributed by atoms with Crippen molar-refractivity contribution < 1.29 is 49.0 Å². The van der Waals surface area contributed by atoms with Gasteiger partial charge in [-0.3, -0.25) is 9.59 Å². The maximum atomic E-state index is 12.7. The number of unbranched alkanes of at least 4 members (excludes halogenated alkanes) is 10. The van der Waals surface area contributed by atoms with E-state index < -0.39 is 55.4 Å². The molecule has 1 fully saturated rings. The molecule has 1 rings (SSSR count). The number of esters is 2. The van der Waals surface area contributed by atoms with Gasteiger partial charge >= 0.3 is 11.9 Å². The molecule has 0 aromatic rings. The molecule has 1 aliphatic rings. The molecule has 4 N–H and O–H groups in total. The van der Waals surface area contributed by atoms with E-state index >= 15 is 0 Å². The zero-order valence-corrected chi connectivity index (χ0v) is 35.8. The second kappa shape index (κ2) is 38.1. The van der Waals surface area contributed by atoms with Gasteiger partial charge in [-0.05, 0) is 77.0 Å². The molecule has 0 bridgehead atoms. The van der Waals surface area contributed by atoms with Gasteiger partial charge in [0, 0.05) is 12.8 Å². The fraction of sp³-hybridized carbons (Fsp3) is 0.667. The molecule has 0 radical (unpaired) electrons. The number of rotatable bonds is 35. The first-order valence-corrected chi connectivity index (χ1v) is 22.2. The van der Waals surface area contributed by atoms with E-state index in [0.29, 0.717) is 12.8 Å². The van der Waals surface area contributed by atoms with Crippen LogP contribution in [0.15, 0.2) is 85.1 Å². The molecule has 10 nitrogen and oxygen atoms in total. The third kappa shape index (κ3) is 29.1. The molecule has 330 valence electrons. The molecule has 10 heteroatoms. The molecule has 1 heterocycles. The molecule has 3 unspecified atom stereocenters. The highest BCUT2D eigenvalue weighted by Gasteiger charge is 2.44. The predicted molar refractivity (Wildman–Crippen MR) is 233 cm³/mol. The van der Waals surface area contributed by atoms with Crippen LogP contribution in [-0.2, 0) is 28.5 Å². The summed E-state index contributed by atoms with van der Waals surface area (Å²) in [6.45, 7) is 3.19. The third-order valence-corrected chi connectivity index (χ3v) is 9.53. The summed E-state index contributed by atoms with van der Waals surface area (Å²) >= 11 is 0. The Morgan fingerprint density at radius 3 is 1.60 bits per heavy atom. The van der Waals surface area contributed by atoms with Crippen LogP contribution in [0.3, 0.4) is 0 Å². The number of aliphatic hydroxyl groups excluding tert-OH is 4. The molecule has 0 aromatic heterocycles. The second-order valence-electron chi connectivity index (χ2n) is 14.8. The number of hydrogen-bond donors (Lipinski definition) is 4. The van der Waals surface area contributed by atoms with Crippen molar-refractivity contribution in [3.05, 3.63) is 85.1 Å². The van der Waals surface area contributed by atoms with Gasteiger partial charge in [0.2, 0.25) is 0 Å². The first kappa shape index (κ1) is 52.9. The van der Waals surface area contributed by atoms with E-state index in [1.807, 2.05) is 12.2 Å². The van der Waals surface area contributed by atoms with Crippen molar-refractivity contribution in [1.82, 2.24) is 0 Å². The highest BCUT2D eigenvalue weighted by Crippen LogP contribution is 2.22. The van der Waals surface area contributed by atoms with E-state index in [0.717, 1.165) is 70.6 Å². The Balaban J connectivity index is 2.38. The van der Waals surface area contributed by atoms with Gasteiger partial charge in [0.05, 0.1) is 13.2 Å². The minimum Gasteiger partial charge on any atom is -0.462 e. The molecule has 6 atom stereocenters. The largest absolute Gasteiger partial charge is 0.462 e. The number of carbonyl (C=O) groups excluding carboxylic acids is 2. The minimum atomic E-state index is -1.61. The Kier molecular flexibility index (Phi) is 34.8. The van der Waals surface area contributed by atoms with Gasteiger partial charge < -0.3 is 39.4 Å². The van der Waals surface area contributed by atoms with Crippen LogP contribution in [0.25, 0.3) is 0 Å². The fourth-order valence-corrected chi connectivity index (χ4v) is 6.03. The topological polar surface area (TPSA) is 152 Å². The smallest absolute Gasteiger partial charge is 0.306 e. The number of hydrogen-bond acceptors (Lipinski definition) is 10. The number of aliphatic hydroxyl groups is 4. The maximum absolute atomic E-state index is 12.7. The monoisotopic (exact) mass is 815 g/mol. The molecular weight excluding hydrogens is 737 g/mol. The summed E-state index contributed by atoms with van der Waals surface area (Å²) in [5.41, 5.74) is 0. The first-order valence-electron chi connectivity index (χ1n) is 22.2. The number of ether oxygens (including phenoxy) is 4. The Morgan fingerprint density at radius 2 is 1.05 bits per heavy atom. The van der Waals surface area contributed by atoms with E-state index in [1.54, 1.807) is 0 Å². The van der Waals surface area contributed by atoms with Gasteiger partial charge in [0.25, 0.3) is 0 Å². The van der Waals surface area contributed by atoms with E-state index in [4.69, 9.17) is 18.9 Å². The van der Waals surface area contributed by atoms with Crippen LogP contribution in [-0.4, -0.2) is 89.0 Å². The second-order valence-corrected chi connectivity index (χ2v) is 14.8. The zero-order valence-electron chi connectivity index (χ0n) is 35.8. The van der Waals surface area contributed by atoms with Gasteiger partial charge in [-0.25, -0.2) is 0 Å². The lowest BCUT2D eigenvalue weighted by molar-refractivity contribution is -0.305. The van der Waals surface area contributed by atoms with Crippen LogP contribution in [0.5, 0.6) is 0 Å². The average molecular weight is 815 g/mol. The summed E-state index contributed by atoms with van der Waals surface area (Å²) < 4.78 is 22.0. The van der Waals surface area contributed by atoms with Crippen molar-refractivity contribution >= 4 is 11.9 Å². The lowest BCUT2D eigenvalue weighted by atomic mass is 9.99. The Hall–Kier alpha value is -3.12. The molecule has 0 aromatic carbocycles. The average Bonchev–Trinajstić information content (AvgIpc) is 3.22. The minimum absolute atomic E-state index is 0.113. The van der Waals surface area contributed by atoms with Crippen molar-refractivity contribution in [2.24, 2.45) is 0 Å². The summed E-state index contributed by atoms with van der Waals surface area (Å²) in [7, 11) is 0. The van der Waals surface area contributed by atoms with Crippen molar-refractivity contribution in [2.75, 3.05) is 19.8 Å². The lowest BCUT2D eigenvalue weighted by Gasteiger charge is -2.39. The van der Waals surface area contributed by atoms with Crippen molar-refractivity contribution in [3.63, 3.8) is 0 Å². The van der Waals surface area contributed by atoms with E-state index in [1.165, 1.54) is 38.5 Å². The van der Waals surface area contributed by atoms with E-state index in [2.05, 4.69) is 86.8 Å². The predicted octanol–water partition coefficient (Wildman–Crippen LogP) is 9.38. The van der Waals surface area contributed by atoms with Gasteiger partial charge in [-0.2, -0.15) is 0 Å². The Bertz CT molecular complexity index is 1220. The van der Waals surface area contributed by atoms with Gasteiger partial charge in [0.15, 0.2) is 12.4 Å². The highest BCUT2D eigenvalue weighted by molar-refractivity contribution is 5.70. The van der Waals surface area contributed by atoms with Crippen LogP contribution >= 0.6 is 0 Å². The third-order valence-electron chi connectivity index (χ3n) is 9.53. The molecule has 1 aliphatic heterocycles. The maximum Gasteiger partial charge on any atom is 0.306 e. The van der Waals surface area contributed by atoms with Crippen LogP contribution < -0.4 is 0 Å². The van der Waals surface area contributed by atoms with Crippen LogP contribution in [0.4, 0.5) is 0 Å². The summed E-state index contributed by atoms with van der Waals surface area (Å²) in [6, 6.07) is 0. The van der Waals surface area contributed by atoms with Crippen LogP contribution in [0.1, 0.15) is 149 Å². The Morgan fingerprint density at radius 1 is 0.552 bits per heavy atom. The Labute approximate surface area is 350 Å². The first-order chi connectivity index (χ1) is 28.3. The molecular formula is C48H78O10. The molecule has 58 heavy (non-hydrogen) atoms. The highest BCUT2D eigenvalue weighted by atomic mass is 16.7. The van der Waals surface area contributed by atoms with Gasteiger partial charge in [-0.15, -0.1) is 0 Å². The molecule has 0 amide bonds. The summed E-state index contributed by atoms with van der Waals surface area (Å²) in [5, 5.41) is 40.0. The normalized spacial score (nSPS) is 21.0. The SMILES string of the molecule is CC/C=C/C/C=C/C/C=C/C/C=C/C/C=C/CCCCCCC(=O)OCC(CO[C@H]1O[C@@H](CO)[C@@H](O)C(O)C1O)OC(=O)CC/C=C/C/C=C/CCCCCCCC. The zero-order chi connectivity index (χ0) is 42.3. The van der Waals surface area contributed by atoms with Crippen molar-refractivity contribution in [1.29, 1.82) is 0 Å². The van der Waals surface area contributed by atoms with Gasteiger partial charge in [0.1, 0.15) is 31.0 Å². The standard InChI is InChI=1S/C48H78O10/c1-3-5-7-9-11-13-15-17-18-19-20-21-22-23-25-26-28-30-32-34-36-43(50)55-39-41(40-56-48-47(54)46(53)45(52)42(38-49)58-48)57-44(51)37-35-33-31-29-27-24-16-14-12-10-8-6-4-2/h5,7,11,13,17-18,20-21,23-25,27,31,33,41-42,45-49,52-54H,3-4,6,8-10,12,14-16,19,22,26,28-30,32,34-40H2,1-2H3/b7-5+,13-11+,18-17+,21-20+,25-23+,27-24+,33-31+/t41?,42-,45+,46?,47?,48-/m0/s1. The molecule has 0 aliphatic carbocycles. The van der Waals surface area contributed by atoms with Crippen molar-refractivity contribution in [2.45, 2.75) is 185 Å². The number of allylic oxidation sites excluding steroid dienone is 14. The molecule has 0 spiro atoms. The molecule has 1 saturated heterocycles. The number of carbonyl (C=O) groups is 2. The quantitative estimate of drug-likeness (QED) is 0.0277. The summed E-state index contributed by atoms with van der Waals surface area (Å²) in [6.07, 6.45) is 41.7. The van der Waals surface area contributed by atoms with E-state index in [9.17, 15) is 30.0 Å². The van der Waals surface area contributed by atoms with Crippen LogP contribution in [0, 0.1) is 0 Å².